The van der Waals surface area contributed by atoms with Gasteiger partial charge in [0, 0.05) is 19.1 Å². The molecule has 17 heavy (non-hydrogen) atoms. The lowest BCUT2D eigenvalue weighted by Gasteiger charge is -2.35. The number of carbonyl (C=O) groups excluding carboxylic acids is 1. The highest BCUT2D eigenvalue weighted by Gasteiger charge is 2.31. The van der Waals surface area contributed by atoms with Crippen LogP contribution in [0.4, 0.5) is 0 Å². The van der Waals surface area contributed by atoms with E-state index in [9.17, 15) is 4.79 Å². The number of carbonyl (C=O) groups is 1. The Labute approximate surface area is 103 Å². The summed E-state index contributed by atoms with van der Waals surface area (Å²) in [7, 11) is 0. The number of esters is 1. The molecule has 1 aliphatic heterocycles. The van der Waals surface area contributed by atoms with Crippen molar-refractivity contribution in [1.29, 1.82) is 0 Å². The summed E-state index contributed by atoms with van der Waals surface area (Å²) in [5.41, 5.74) is 6.07. The van der Waals surface area contributed by atoms with E-state index in [-0.39, 0.29) is 12.0 Å². The summed E-state index contributed by atoms with van der Waals surface area (Å²) in [6.07, 6.45) is 5.20. The van der Waals surface area contributed by atoms with Crippen LogP contribution in [0, 0.1) is 11.8 Å². The van der Waals surface area contributed by atoms with E-state index in [2.05, 4.69) is 4.90 Å². The van der Waals surface area contributed by atoms with Crippen LogP contribution in [0.1, 0.15) is 32.6 Å². The van der Waals surface area contributed by atoms with Crippen molar-refractivity contribution in [1.82, 2.24) is 4.90 Å². The molecule has 0 spiro atoms. The standard InChI is InChI=1S/C13H24N2O2/c1-2-17-13(16)9-15-7-11(5-10-3-4-10)6-12(14)8-15/h10-12H,2-9,14H2,1H3. The van der Waals surface area contributed by atoms with Gasteiger partial charge in [-0.05, 0) is 31.6 Å². The lowest BCUT2D eigenvalue weighted by atomic mass is 9.90. The first-order valence-corrected chi connectivity index (χ1v) is 6.81. The molecule has 0 aromatic carbocycles. The maximum Gasteiger partial charge on any atom is 0.320 e. The van der Waals surface area contributed by atoms with Gasteiger partial charge in [0.2, 0.25) is 0 Å². The first-order chi connectivity index (χ1) is 8.17. The second-order valence-electron chi connectivity index (χ2n) is 5.54. The van der Waals surface area contributed by atoms with Crippen molar-refractivity contribution in [2.45, 2.75) is 38.6 Å². The van der Waals surface area contributed by atoms with Gasteiger partial charge in [0.25, 0.3) is 0 Å². The molecule has 2 N–H and O–H groups in total. The Morgan fingerprint density at radius 3 is 2.76 bits per heavy atom. The zero-order valence-corrected chi connectivity index (χ0v) is 10.7. The number of piperidine rings is 1. The van der Waals surface area contributed by atoms with Crippen LogP contribution >= 0.6 is 0 Å². The molecule has 2 fully saturated rings. The molecule has 1 aliphatic carbocycles. The zero-order chi connectivity index (χ0) is 12.3. The van der Waals surface area contributed by atoms with E-state index in [0.717, 1.165) is 25.4 Å². The normalized spacial score (nSPS) is 30.2. The molecule has 1 heterocycles. The quantitative estimate of drug-likeness (QED) is 0.728. The predicted molar refractivity (Wildman–Crippen MR) is 66.5 cm³/mol. The summed E-state index contributed by atoms with van der Waals surface area (Å²) in [6.45, 7) is 4.56. The summed E-state index contributed by atoms with van der Waals surface area (Å²) in [5, 5.41) is 0. The predicted octanol–water partition coefficient (Wildman–Crippen LogP) is 0.999. The Morgan fingerprint density at radius 1 is 1.35 bits per heavy atom. The molecule has 1 saturated heterocycles. The minimum absolute atomic E-state index is 0.119. The van der Waals surface area contributed by atoms with E-state index in [4.69, 9.17) is 10.5 Å². The van der Waals surface area contributed by atoms with Gasteiger partial charge in [0.05, 0.1) is 13.2 Å². The molecule has 0 bridgehead atoms. The van der Waals surface area contributed by atoms with E-state index in [1.807, 2.05) is 6.92 Å². The Morgan fingerprint density at radius 2 is 2.12 bits per heavy atom. The molecule has 4 nitrogen and oxygen atoms in total. The number of rotatable bonds is 5. The first kappa shape index (κ1) is 12.8. The van der Waals surface area contributed by atoms with E-state index in [1.165, 1.54) is 19.3 Å². The molecule has 2 atom stereocenters. The van der Waals surface area contributed by atoms with E-state index < -0.39 is 0 Å². The Bertz CT molecular complexity index is 264. The van der Waals surface area contributed by atoms with Crippen molar-refractivity contribution in [2.24, 2.45) is 17.6 Å². The number of nitrogens with two attached hydrogens (primary N) is 1. The summed E-state index contributed by atoms with van der Waals surface area (Å²) in [4.78, 5) is 13.6. The molecule has 4 heteroatoms. The maximum atomic E-state index is 11.5. The number of hydrogen-bond donors (Lipinski definition) is 1. The topological polar surface area (TPSA) is 55.6 Å². The first-order valence-electron chi connectivity index (χ1n) is 6.81. The molecular formula is C13H24N2O2. The zero-order valence-electron chi connectivity index (χ0n) is 10.7. The molecule has 2 unspecified atom stereocenters. The maximum absolute atomic E-state index is 11.5. The minimum Gasteiger partial charge on any atom is -0.465 e. The van der Waals surface area contributed by atoms with Crippen LogP contribution < -0.4 is 5.73 Å². The fraction of sp³-hybridized carbons (Fsp3) is 0.923. The van der Waals surface area contributed by atoms with Gasteiger partial charge in [-0.2, -0.15) is 0 Å². The van der Waals surface area contributed by atoms with Crippen LogP contribution in [-0.4, -0.2) is 43.2 Å². The Hall–Kier alpha value is -0.610. The van der Waals surface area contributed by atoms with Crippen LogP contribution in [0.25, 0.3) is 0 Å². The van der Waals surface area contributed by atoms with E-state index in [0.29, 0.717) is 19.1 Å². The monoisotopic (exact) mass is 240 g/mol. The smallest absolute Gasteiger partial charge is 0.320 e. The number of hydrogen-bond acceptors (Lipinski definition) is 4. The Balaban J connectivity index is 1.77. The second-order valence-corrected chi connectivity index (χ2v) is 5.54. The number of likely N-dealkylation sites (tertiary alicyclic amines) is 1. The van der Waals surface area contributed by atoms with Crippen LogP contribution in [0.2, 0.25) is 0 Å². The summed E-state index contributed by atoms with van der Waals surface area (Å²) in [6, 6.07) is 0.224. The molecule has 0 amide bonds. The third-order valence-corrected chi connectivity index (χ3v) is 3.67. The highest BCUT2D eigenvalue weighted by Crippen LogP contribution is 2.37. The highest BCUT2D eigenvalue weighted by molar-refractivity contribution is 5.71. The minimum atomic E-state index is -0.119. The average molecular weight is 240 g/mol. The van der Waals surface area contributed by atoms with Crippen molar-refractivity contribution in [3.8, 4) is 0 Å². The van der Waals surface area contributed by atoms with Gasteiger partial charge < -0.3 is 10.5 Å². The van der Waals surface area contributed by atoms with Gasteiger partial charge in [0.1, 0.15) is 0 Å². The third kappa shape index (κ3) is 4.28. The van der Waals surface area contributed by atoms with Gasteiger partial charge in [-0.25, -0.2) is 0 Å². The van der Waals surface area contributed by atoms with Crippen molar-refractivity contribution >= 4 is 5.97 Å². The second kappa shape index (κ2) is 5.83. The molecule has 2 rings (SSSR count). The molecule has 1 saturated carbocycles. The highest BCUT2D eigenvalue weighted by atomic mass is 16.5. The lowest BCUT2D eigenvalue weighted by molar-refractivity contribution is -0.144. The van der Waals surface area contributed by atoms with Gasteiger partial charge in [-0.3, -0.25) is 9.69 Å². The van der Waals surface area contributed by atoms with E-state index >= 15 is 0 Å². The van der Waals surface area contributed by atoms with Crippen LogP contribution in [-0.2, 0) is 9.53 Å². The van der Waals surface area contributed by atoms with Crippen molar-refractivity contribution < 1.29 is 9.53 Å². The Kier molecular flexibility index (Phi) is 4.40. The molecule has 0 aromatic rings. The average Bonchev–Trinajstić information content (AvgIpc) is 3.00. The van der Waals surface area contributed by atoms with Gasteiger partial charge >= 0.3 is 5.97 Å². The molecular weight excluding hydrogens is 216 g/mol. The number of nitrogens with zero attached hydrogens (tertiary/aromatic N) is 1. The van der Waals surface area contributed by atoms with E-state index in [1.54, 1.807) is 0 Å². The molecule has 0 aromatic heterocycles. The van der Waals surface area contributed by atoms with Crippen LogP contribution in [0.5, 0.6) is 0 Å². The summed E-state index contributed by atoms with van der Waals surface area (Å²) >= 11 is 0. The fourth-order valence-electron chi connectivity index (χ4n) is 2.86. The van der Waals surface area contributed by atoms with Crippen LogP contribution in [0.15, 0.2) is 0 Å². The van der Waals surface area contributed by atoms with Crippen molar-refractivity contribution in [2.75, 3.05) is 26.2 Å². The van der Waals surface area contributed by atoms with Gasteiger partial charge in [-0.15, -0.1) is 0 Å². The summed E-state index contributed by atoms with van der Waals surface area (Å²) < 4.78 is 4.99. The third-order valence-electron chi connectivity index (χ3n) is 3.67. The number of ether oxygens (including phenoxy) is 1. The van der Waals surface area contributed by atoms with Crippen LogP contribution in [0.3, 0.4) is 0 Å². The molecule has 0 radical (unpaired) electrons. The van der Waals surface area contributed by atoms with Crippen molar-refractivity contribution in [3.05, 3.63) is 0 Å². The van der Waals surface area contributed by atoms with Crippen molar-refractivity contribution in [3.63, 3.8) is 0 Å². The lowest BCUT2D eigenvalue weighted by Crippen LogP contribution is -2.48. The largest absolute Gasteiger partial charge is 0.465 e. The molecule has 98 valence electrons. The molecule has 2 aliphatic rings. The summed E-state index contributed by atoms with van der Waals surface area (Å²) in [5.74, 6) is 1.50. The van der Waals surface area contributed by atoms with Gasteiger partial charge in [-0.1, -0.05) is 12.8 Å². The van der Waals surface area contributed by atoms with Gasteiger partial charge in [0.15, 0.2) is 0 Å². The fourth-order valence-corrected chi connectivity index (χ4v) is 2.86. The SMILES string of the molecule is CCOC(=O)CN1CC(N)CC(CC2CC2)C1.